The average molecular weight is 246 g/mol. The largest absolute Gasteiger partial charge is 0.507 e. The van der Waals surface area contributed by atoms with Crippen LogP contribution < -0.4 is 4.74 Å². The summed E-state index contributed by atoms with van der Waals surface area (Å²) in [5.41, 5.74) is 1.26. The number of phenolic OH excluding ortho intramolecular Hbond substituents is 1. The number of hydrogen-bond donors (Lipinski definition) is 1. The number of carbonyl (C=O) groups excluding carboxylic acids is 1. The van der Waals surface area contributed by atoms with Gasteiger partial charge in [-0.2, -0.15) is 0 Å². The SMILES string of the molecule is C=CCc1c(O)c(C(C)=O)c(OC)c2ccoc12. The molecular formula is C14H14O4. The minimum Gasteiger partial charge on any atom is -0.507 e. The Kier molecular flexibility index (Phi) is 3.10. The van der Waals surface area contributed by atoms with E-state index in [0.29, 0.717) is 28.7 Å². The van der Waals surface area contributed by atoms with Crippen molar-refractivity contribution in [2.75, 3.05) is 7.11 Å². The number of methoxy groups -OCH3 is 1. The number of hydrogen-bond acceptors (Lipinski definition) is 4. The van der Waals surface area contributed by atoms with Gasteiger partial charge >= 0.3 is 0 Å². The Hall–Kier alpha value is -2.23. The van der Waals surface area contributed by atoms with Crippen molar-refractivity contribution in [3.8, 4) is 11.5 Å². The van der Waals surface area contributed by atoms with E-state index in [9.17, 15) is 9.90 Å². The van der Waals surface area contributed by atoms with E-state index in [0.717, 1.165) is 0 Å². The Morgan fingerprint density at radius 2 is 2.33 bits per heavy atom. The molecule has 4 heteroatoms. The monoisotopic (exact) mass is 246 g/mol. The third-order valence-corrected chi connectivity index (χ3v) is 2.84. The number of aromatic hydroxyl groups is 1. The fourth-order valence-electron chi connectivity index (χ4n) is 2.09. The first kappa shape index (κ1) is 12.2. The van der Waals surface area contributed by atoms with Crippen molar-refractivity contribution >= 4 is 16.8 Å². The van der Waals surface area contributed by atoms with E-state index < -0.39 is 0 Å². The lowest BCUT2D eigenvalue weighted by molar-refractivity contribution is 0.101. The summed E-state index contributed by atoms with van der Waals surface area (Å²) in [7, 11) is 1.46. The molecule has 2 rings (SSSR count). The van der Waals surface area contributed by atoms with Gasteiger partial charge < -0.3 is 14.3 Å². The molecule has 0 aliphatic rings. The zero-order chi connectivity index (χ0) is 13.3. The van der Waals surface area contributed by atoms with E-state index in [-0.39, 0.29) is 17.1 Å². The van der Waals surface area contributed by atoms with Gasteiger partial charge in [0.2, 0.25) is 0 Å². The molecule has 0 spiro atoms. The van der Waals surface area contributed by atoms with Crippen LogP contribution in [0.1, 0.15) is 22.8 Å². The molecule has 0 radical (unpaired) electrons. The Bertz CT molecular complexity index is 622. The molecule has 0 bridgehead atoms. The molecule has 94 valence electrons. The predicted octanol–water partition coefficient (Wildman–Crippen LogP) is 3.08. The summed E-state index contributed by atoms with van der Waals surface area (Å²) in [4.78, 5) is 11.7. The number of allylic oxidation sites excluding steroid dienone is 1. The van der Waals surface area contributed by atoms with Crippen molar-refractivity contribution in [1.82, 2.24) is 0 Å². The van der Waals surface area contributed by atoms with Gasteiger partial charge in [0.1, 0.15) is 22.6 Å². The van der Waals surface area contributed by atoms with Crippen LogP contribution in [0.4, 0.5) is 0 Å². The van der Waals surface area contributed by atoms with E-state index in [1.807, 2.05) is 0 Å². The lowest BCUT2D eigenvalue weighted by Gasteiger charge is -2.12. The number of fused-ring (bicyclic) bond motifs is 1. The summed E-state index contributed by atoms with van der Waals surface area (Å²) in [6.45, 7) is 5.03. The average Bonchev–Trinajstić information content (AvgIpc) is 2.80. The Morgan fingerprint density at radius 3 is 2.89 bits per heavy atom. The maximum Gasteiger partial charge on any atom is 0.167 e. The van der Waals surface area contributed by atoms with Crippen LogP contribution in [0.25, 0.3) is 11.0 Å². The predicted molar refractivity (Wildman–Crippen MR) is 68.3 cm³/mol. The molecular weight excluding hydrogens is 232 g/mol. The van der Waals surface area contributed by atoms with Crippen LogP contribution >= 0.6 is 0 Å². The number of ether oxygens (including phenoxy) is 1. The summed E-state index contributed by atoms with van der Waals surface area (Å²) in [6, 6.07) is 1.71. The molecule has 1 aromatic heterocycles. The van der Waals surface area contributed by atoms with Crippen LogP contribution in [-0.4, -0.2) is 18.0 Å². The fraction of sp³-hybridized carbons (Fsp3) is 0.214. The summed E-state index contributed by atoms with van der Waals surface area (Å²) in [5.74, 6) is -0.00368. The molecule has 0 aliphatic carbocycles. The van der Waals surface area contributed by atoms with Gasteiger partial charge in [0.05, 0.1) is 18.8 Å². The Morgan fingerprint density at radius 1 is 1.61 bits per heavy atom. The zero-order valence-corrected chi connectivity index (χ0v) is 10.3. The lowest BCUT2D eigenvalue weighted by atomic mass is 9.99. The van der Waals surface area contributed by atoms with E-state index in [1.165, 1.54) is 20.3 Å². The van der Waals surface area contributed by atoms with Gasteiger partial charge in [-0.15, -0.1) is 6.58 Å². The van der Waals surface area contributed by atoms with Crippen molar-refractivity contribution in [2.24, 2.45) is 0 Å². The molecule has 0 amide bonds. The van der Waals surface area contributed by atoms with Crippen molar-refractivity contribution in [3.63, 3.8) is 0 Å². The van der Waals surface area contributed by atoms with Gasteiger partial charge in [-0.1, -0.05) is 6.08 Å². The normalized spacial score (nSPS) is 10.6. The molecule has 0 fully saturated rings. The molecule has 4 nitrogen and oxygen atoms in total. The summed E-state index contributed by atoms with van der Waals surface area (Å²) in [5, 5.41) is 10.9. The van der Waals surface area contributed by atoms with Gasteiger partial charge in [0.25, 0.3) is 0 Å². The first-order valence-electron chi connectivity index (χ1n) is 5.52. The highest BCUT2D eigenvalue weighted by atomic mass is 16.5. The van der Waals surface area contributed by atoms with Crippen molar-refractivity contribution in [1.29, 1.82) is 0 Å². The molecule has 1 heterocycles. The summed E-state index contributed by atoms with van der Waals surface area (Å²) < 4.78 is 10.6. The van der Waals surface area contributed by atoms with Crippen molar-refractivity contribution in [3.05, 3.63) is 36.1 Å². The molecule has 2 aromatic rings. The minimum atomic E-state index is -0.252. The molecule has 0 aliphatic heterocycles. The van der Waals surface area contributed by atoms with Gasteiger partial charge in [-0.05, 0) is 19.4 Å². The Balaban J connectivity index is 2.92. The van der Waals surface area contributed by atoms with Crippen molar-refractivity contribution in [2.45, 2.75) is 13.3 Å². The van der Waals surface area contributed by atoms with E-state index in [1.54, 1.807) is 12.1 Å². The number of rotatable bonds is 4. The maximum absolute atomic E-state index is 11.7. The number of carbonyl (C=O) groups is 1. The number of phenols is 1. The maximum atomic E-state index is 11.7. The van der Waals surface area contributed by atoms with E-state index in [2.05, 4.69) is 6.58 Å². The zero-order valence-electron chi connectivity index (χ0n) is 10.3. The van der Waals surface area contributed by atoms with E-state index in [4.69, 9.17) is 9.15 Å². The molecule has 0 saturated carbocycles. The molecule has 0 unspecified atom stereocenters. The first-order chi connectivity index (χ1) is 8.61. The van der Waals surface area contributed by atoms with Crippen molar-refractivity contribution < 1.29 is 19.1 Å². The number of furan rings is 1. The smallest absolute Gasteiger partial charge is 0.167 e. The second kappa shape index (κ2) is 4.56. The molecule has 18 heavy (non-hydrogen) atoms. The van der Waals surface area contributed by atoms with Gasteiger partial charge in [-0.3, -0.25) is 4.79 Å². The van der Waals surface area contributed by atoms with Crippen LogP contribution in [0.2, 0.25) is 0 Å². The molecule has 0 atom stereocenters. The fourth-order valence-corrected chi connectivity index (χ4v) is 2.09. The van der Waals surface area contributed by atoms with Crippen LogP contribution in [0, 0.1) is 0 Å². The second-order valence-electron chi connectivity index (χ2n) is 3.95. The topological polar surface area (TPSA) is 59.7 Å². The Labute approximate surface area is 104 Å². The number of ketones is 1. The third kappa shape index (κ3) is 1.66. The third-order valence-electron chi connectivity index (χ3n) is 2.84. The highest BCUT2D eigenvalue weighted by Crippen LogP contribution is 2.41. The quantitative estimate of drug-likeness (QED) is 0.665. The summed E-state index contributed by atoms with van der Waals surface area (Å²) in [6.07, 6.45) is 3.57. The highest BCUT2D eigenvalue weighted by molar-refractivity contribution is 6.06. The second-order valence-corrected chi connectivity index (χ2v) is 3.95. The summed E-state index contributed by atoms with van der Waals surface area (Å²) >= 11 is 0. The lowest BCUT2D eigenvalue weighted by Crippen LogP contribution is -2.01. The molecule has 1 aromatic carbocycles. The van der Waals surface area contributed by atoms with Crippen LogP contribution in [-0.2, 0) is 6.42 Å². The van der Waals surface area contributed by atoms with Crippen LogP contribution in [0.5, 0.6) is 11.5 Å². The van der Waals surface area contributed by atoms with Gasteiger partial charge in [-0.25, -0.2) is 0 Å². The van der Waals surface area contributed by atoms with Crippen LogP contribution in [0.15, 0.2) is 29.4 Å². The first-order valence-corrected chi connectivity index (χ1v) is 5.52. The minimum absolute atomic E-state index is 0.0956. The van der Waals surface area contributed by atoms with E-state index >= 15 is 0 Å². The number of benzene rings is 1. The highest BCUT2D eigenvalue weighted by Gasteiger charge is 2.23. The van der Waals surface area contributed by atoms with Gasteiger partial charge in [0, 0.05) is 5.56 Å². The number of Topliss-reactive ketones (excluding diaryl/α,β-unsaturated/α-hetero) is 1. The van der Waals surface area contributed by atoms with Gasteiger partial charge in [0.15, 0.2) is 5.78 Å². The standard InChI is InChI=1S/C14H14O4/c1-4-5-9-12(16)11(8(2)15)14(17-3)10-6-7-18-13(9)10/h4,6-7,16H,1,5H2,2-3H3. The molecule has 1 N–H and O–H groups in total. The van der Waals surface area contributed by atoms with Crippen LogP contribution in [0.3, 0.4) is 0 Å². The molecule has 0 saturated heterocycles.